The van der Waals surface area contributed by atoms with E-state index in [1.54, 1.807) is 11.8 Å². The molecule has 3 atom stereocenters. The fourth-order valence-electron chi connectivity index (χ4n) is 2.82. The Morgan fingerprint density at radius 1 is 1.30 bits per heavy atom. The van der Waals surface area contributed by atoms with E-state index in [1.807, 2.05) is 18.1 Å². The number of thioether (sulfide) groups is 1. The Balaban J connectivity index is 2.98. The molecule has 116 valence electrons. The minimum Gasteiger partial charge on any atom is -0.342 e. The molecule has 1 aliphatic rings. The molecule has 5 heteroatoms. The van der Waals surface area contributed by atoms with Crippen molar-refractivity contribution in [3.63, 3.8) is 0 Å². The molecule has 20 heavy (non-hydrogen) atoms. The predicted molar refractivity (Wildman–Crippen MR) is 84.8 cm³/mol. The van der Waals surface area contributed by atoms with Crippen LogP contribution in [-0.2, 0) is 9.59 Å². The second-order valence-corrected chi connectivity index (χ2v) is 6.79. The Labute approximate surface area is 127 Å². The van der Waals surface area contributed by atoms with Crippen LogP contribution in [-0.4, -0.2) is 46.8 Å². The number of carbonyl (C=O) groups is 2. The third-order valence-electron chi connectivity index (χ3n) is 3.82. The van der Waals surface area contributed by atoms with E-state index in [-0.39, 0.29) is 29.9 Å². The first-order chi connectivity index (χ1) is 9.46. The SMILES string of the molecule is CCC(CSC)N1C(=O)C(CC(C)C)NC(=O)C1CC. The summed E-state index contributed by atoms with van der Waals surface area (Å²) in [6.45, 7) is 8.22. The van der Waals surface area contributed by atoms with E-state index in [4.69, 9.17) is 0 Å². The van der Waals surface area contributed by atoms with E-state index < -0.39 is 0 Å². The van der Waals surface area contributed by atoms with Gasteiger partial charge in [0.15, 0.2) is 0 Å². The van der Waals surface area contributed by atoms with Crippen LogP contribution in [0.25, 0.3) is 0 Å². The highest BCUT2D eigenvalue weighted by atomic mass is 32.2. The molecule has 1 rings (SSSR count). The van der Waals surface area contributed by atoms with Gasteiger partial charge in [-0.05, 0) is 31.4 Å². The zero-order chi connectivity index (χ0) is 15.3. The molecule has 0 aromatic carbocycles. The van der Waals surface area contributed by atoms with E-state index in [1.165, 1.54) is 0 Å². The van der Waals surface area contributed by atoms with Gasteiger partial charge in [-0.1, -0.05) is 27.7 Å². The van der Waals surface area contributed by atoms with Crippen molar-refractivity contribution in [3.8, 4) is 0 Å². The molecular formula is C15H28N2O2S. The first kappa shape index (κ1) is 17.3. The van der Waals surface area contributed by atoms with E-state index in [0.717, 1.165) is 12.2 Å². The minimum atomic E-state index is -0.346. The molecule has 1 saturated heterocycles. The van der Waals surface area contributed by atoms with Gasteiger partial charge in [0.25, 0.3) is 0 Å². The van der Waals surface area contributed by atoms with Crippen LogP contribution in [0.5, 0.6) is 0 Å². The molecule has 4 nitrogen and oxygen atoms in total. The topological polar surface area (TPSA) is 49.4 Å². The number of amides is 2. The largest absolute Gasteiger partial charge is 0.342 e. The van der Waals surface area contributed by atoms with Crippen molar-refractivity contribution in [1.82, 2.24) is 10.2 Å². The summed E-state index contributed by atoms with van der Waals surface area (Å²) in [5, 5.41) is 2.91. The lowest BCUT2D eigenvalue weighted by molar-refractivity contribution is -0.152. The van der Waals surface area contributed by atoms with Crippen LogP contribution < -0.4 is 5.32 Å². The lowest BCUT2D eigenvalue weighted by atomic mass is 9.96. The molecule has 0 aromatic heterocycles. The van der Waals surface area contributed by atoms with Gasteiger partial charge in [-0.3, -0.25) is 9.59 Å². The zero-order valence-corrected chi connectivity index (χ0v) is 14.1. The Morgan fingerprint density at radius 3 is 2.40 bits per heavy atom. The molecule has 2 amide bonds. The van der Waals surface area contributed by atoms with Gasteiger partial charge in [0.2, 0.25) is 11.8 Å². The minimum absolute atomic E-state index is 0.0114. The average molecular weight is 300 g/mol. The van der Waals surface area contributed by atoms with Crippen LogP contribution in [0.3, 0.4) is 0 Å². The van der Waals surface area contributed by atoms with Gasteiger partial charge in [0.1, 0.15) is 12.1 Å². The van der Waals surface area contributed by atoms with Crippen LogP contribution in [0.1, 0.15) is 47.0 Å². The maximum Gasteiger partial charge on any atom is 0.246 e. The van der Waals surface area contributed by atoms with Crippen LogP contribution in [0, 0.1) is 5.92 Å². The van der Waals surface area contributed by atoms with Crippen molar-refractivity contribution in [3.05, 3.63) is 0 Å². The molecule has 1 fully saturated rings. The summed E-state index contributed by atoms with van der Waals surface area (Å²) in [4.78, 5) is 26.9. The summed E-state index contributed by atoms with van der Waals surface area (Å²) in [7, 11) is 0. The number of hydrogen-bond donors (Lipinski definition) is 1. The Kier molecular flexibility index (Phi) is 6.86. The monoisotopic (exact) mass is 300 g/mol. The standard InChI is InChI=1S/C15H28N2O2S/c1-6-11(9-20-5)17-13(7-2)14(18)16-12(15(17)19)8-10(3)4/h10-13H,6-9H2,1-5H3,(H,16,18). The van der Waals surface area contributed by atoms with Crippen molar-refractivity contribution in [1.29, 1.82) is 0 Å². The summed E-state index contributed by atoms with van der Waals surface area (Å²) >= 11 is 1.73. The lowest BCUT2D eigenvalue weighted by Gasteiger charge is -2.43. The predicted octanol–water partition coefficient (Wildman–Crippen LogP) is 2.28. The Bertz CT molecular complexity index is 347. The molecule has 1 N–H and O–H groups in total. The summed E-state index contributed by atoms with van der Waals surface area (Å²) in [5.74, 6) is 1.40. The van der Waals surface area contributed by atoms with Gasteiger partial charge in [-0.2, -0.15) is 11.8 Å². The summed E-state index contributed by atoms with van der Waals surface area (Å²) < 4.78 is 0. The molecule has 0 radical (unpaired) electrons. The molecule has 0 aromatic rings. The van der Waals surface area contributed by atoms with Crippen LogP contribution >= 0.6 is 11.8 Å². The Hall–Kier alpha value is -0.710. The normalized spacial score (nSPS) is 25.0. The summed E-state index contributed by atoms with van der Waals surface area (Å²) in [6, 6.07) is -0.493. The van der Waals surface area contributed by atoms with Crippen molar-refractivity contribution >= 4 is 23.6 Å². The van der Waals surface area contributed by atoms with Crippen molar-refractivity contribution in [2.75, 3.05) is 12.0 Å². The highest BCUT2D eigenvalue weighted by Gasteiger charge is 2.42. The van der Waals surface area contributed by atoms with E-state index in [9.17, 15) is 9.59 Å². The fourth-order valence-corrected chi connectivity index (χ4v) is 3.61. The van der Waals surface area contributed by atoms with Crippen molar-refractivity contribution in [2.45, 2.75) is 65.1 Å². The van der Waals surface area contributed by atoms with Gasteiger partial charge in [0, 0.05) is 11.8 Å². The lowest BCUT2D eigenvalue weighted by Crippen LogP contribution is -2.66. The van der Waals surface area contributed by atoms with Gasteiger partial charge in [-0.25, -0.2) is 0 Å². The Morgan fingerprint density at radius 2 is 1.95 bits per heavy atom. The van der Waals surface area contributed by atoms with Gasteiger partial charge in [-0.15, -0.1) is 0 Å². The molecule has 1 aliphatic heterocycles. The third kappa shape index (κ3) is 3.90. The highest BCUT2D eigenvalue weighted by Crippen LogP contribution is 2.23. The number of carbonyl (C=O) groups excluding carboxylic acids is 2. The number of hydrogen-bond acceptors (Lipinski definition) is 3. The number of nitrogens with one attached hydrogen (secondary N) is 1. The number of nitrogens with zero attached hydrogens (tertiary/aromatic N) is 1. The van der Waals surface area contributed by atoms with E-state index in [0.29, 0.717) is 18.8 Å². The smallest absolute Gasteiger partial charge is 0.246 e. The van der Waals surface area contributed by atoms with Gasteiger partial charge < -0.3 is 10.2 Å². The van der Waals surface area contributed by atoms with Gasteiger partial charge in [0.05, 0.1) is 0 Å². The summed E-state index contributed by atoms with van der Waals surface area (Å²) in [6.07, 6.45) is 4.33. The number of piperazine rings is 1. The second-order valence-electron chi connectivity index (χ2n) is 5.88. The maximum atomic E-state index is 12.8. The van der Waals surface area contributed by atoms with Crippen LogP contribution in [0.2, 0.25) is 0 Å². The molecular weight excluding hydrogens is 272 g/mol. The van der Waals surface area contributed by atoms with Crippen LogP contribution in [0.15, 0.2) is 0 Å². The zero-order valence-electron chi connectivity index (χ0n) is 13.3. The first-order valence-electron chi connectivity index (χ1n) is 7.57. The molecule has 0 bridgehead atoms. The molecule has 1 heterocycles. The second kappa shape index (κ2) is 7.91. The third-order valence-corrected chi connectivity index (χ3v) is 4.54. The molecule has 0 aliphatic carbocycles. The van der Waals surface area contributed by atoms with Crippen LogP contribution in [0.4, 0.5) is 0 Å². The fraction of sp³-hybridized carbons (Fsp3) is 0.867. The maximum absolute atomic E-state index is 12.8. The molecule has 3 unspecified atom stereocenters. The van der Waals surface area contributed by atoms with Crippen molar-refractivity contribution in [2.24, 2.45) is 5.92 Å². The molecule has 0 spiro atoms. The summed E-state index contributed by atoms with van der Waals surface area (Å²) in [5.41, 5.74) is 0. The highest BCUT2D eigenvalue weighted by molar-refractivity contribution is 7.98. The van der Waals surface area contributed by atoms with E-state index in [2.05, 4.69) is 26.1 Å². The molecule has 0 saturated carbocycles. The average Bonchev–Trinajstić information content (AvgIpc) is 2.39. The quantitative estimate of drug-likeness (QED) is 0.785. The van der Waals surface area contributed by atoms with E-state index >= 15 is 0 Å². The van der Waals surface area contributed by atoms with Gasteiger partial charge >= 0.3 is 0 Å². The van der Waals surface area contributed by atoms with Crippen molar-refractivity contribution < 1.29 is 9.59 Å². The first-order valence-corrected chi connectivity index (χ1v) is 8.97. The number of rotatable bonds is 7.